The molecule has 3 aromatic rings. The lowest BCUT2D eigenvalue weighted by Gasteiger charge is -2.30. The molecule has 3 aromatic carbocycles. The number of hydrogen-bond donors (Lipinski definition) is 1. The van der Waals surface area contributed by atoms with Crippen LogP contribution in [-0.4, -0.2) is 37.8 Å². The van der Waals surface area contributed by atoms with Crippen LogP contribution in [0.25, 0.3) is 0 Å². The van der Waals surface area contributed by atoms with Crippen LogP contribution >= 0.6 is 23.2 Å². The molecule has 1 atom stereocenters. The molecule has 7 nitrogen and oxygen atoms in total. The summed E-state index contributed by atoms with van der Waals surface area (Å²) in [6, 6.07) is 17.7. The van der Waals surface area contributed by atoms with Crippen LogP contribution in [0.2, 0.25) is 10.0 Å². The lowest BCUT2D eigenvalue weighted by atomic mass is 9.99. The molecular weight excluding hydrogens is 511 g/mol. The number of amides is 1. The quantitative estimate of drug-likeness (QED) is 0.454. The Morgan fingerprint density at radius 3 is 2.40 bits per heavy atom. The number of nitrogens with zero attached hydrogens (tertiary/aromatic N) is 1. The predicted octanol–water partition coefficient (Wildman–Crippen LogP) is 4.92. The second kappa shape index (κ2) is 10.3. The van der Waals surface area contributed by atoms with Crippen molar-refractivity contribution < 1.29 is 22.7 Å². The number of nitrogens with one attached hydrogen (secondary N) is 1. The van der Waals surface area contributed by atoms with Crippen molar-refractivity contribution in [3.8, 4) is 0 Å². The number of anilines is 1. The van der Waals surface area contributed by atoms with Gasteiger partial charge in [-0.2, -0.15) is 0 Å². The average molecular weight is 533 g/mol. The first-order valence-corrected chi connectivity index (χ1v) is 13.0. The zero-order chi connectivity index (χ0) is 25.2. The highest BCUT2D eigenvalue weighted by atomic mass is 35.5. The molecule has 182 valence electrons. The van der Waals surface area contributed by atoms with Crippen molar-refractivity contribution in [1.82, 2.24) is 4.90 Å². The van der Waals surface area contributed by atoms with Crippen LogP contribution in [0.4, 0.5) is 5.69 Å². The summed E-state index contributed by atoms with van der Waals surface area (Å²) in [5.41, 5.74) is 2.39. The number of halogens is 2. The summed E-state index contributed by atoms with van der Waals surface area (Å²) in [6.45, 7) is 2.43. The highest BCUT2D eigenvalue weighted by molar-refractivity contribution is 7.92. The summed E-state index contributed by atoms with van der Waals surface area (Å²) in [5.74, 6) is -1.23. The van der Waals surface area contributed by atoms with E-state index in [1.807, 2.05) is 24.3 Å². The predicted molar refractivity (Wildman–Crippen MR) is 134 cm³/mol. The van der Waals surface area contributed by atoms with Gasteiger partial charge in [-0.15, -0.1) is 0 Å². The Bertz CT molecular complexity index is 1380. The third-order valence-electron chi connectivity index (χ3n) is 5.64. The van der Waals surface area contributed by atoms with Gasteiger partial charge in [0.2, 0.25) is 0 Å². The van der Waals surface area contributed by atoms with E-state index in [0.717, 1.165) is 18.1 Å². The van der Waals surface area contributed by atoms with Gasteiger partial charge < -0.3 is 9.64 Å². The lowest BCUT2D eigenvalue weighted by Crippen LogP contribution is -2.42. The summed E-state index contributed by atoms with van der Waals surface area (Å²) < 4.78 is 33.4. The van der Waals surface area contributed by atoms with Crippen LogP contribution in [0.1, 0.15) is 28.4 Å². The fraction of sp³-hybridized carbons (Fsp3) is 0.200. The van der Waals surface area contributed by atoms with Gasteiger partial charge in [0.15, 0.2) is 6.10 Å². The number of carbonyl (C=O) groups excluding carboxylic acids is 2. The largest absolute Gasteiger partial charge is 0.449 e. The Labute approximate surface area is 213 Å². The van der Waals surface area contributed by atoms with Crippen LogP contribution < -0.4 is 4.72 Å². The van der Waals surface area contributed by atoms with Crippen molar-refractivity contribution in [3.05, 3.63) is 93.5 Å². The van der Waals surface area contributed by atoms with Crippen LogP contribution in [0, 0.1) is 0 Å². The van der Waals surface area contributed by atoms with E-state index in [-0.39, 0.29) is 21.4 Å². The second-order valence-corrected chi connectivity index (χ2v) is 10.6. The van der Waals surface area contributed by atoms with E-state index in [0.29, 0.717) is 23.8 Å². The number of ether oxygens (including phenoxy) is 1. The topological polar surface area (TPSA) is 92.8 Å². The number of esters is 1. The first-order valence-electron chi connectivity index (χ1n) is 10.8. The van der Waals surface area contributed by atoms with Gasteiger partial charge in [0.05, 0.1) is 15.5 Å². The number of fused-ring (bicyclic) bond motifs is 1. The van der Waals surface area contributed by atoms with Crippen LogP contribution in [0.15, 0.2) is 71.6 Å². The van der Waals surface area contributed by atoms with E-state index >= 15 is 0 Å². The molecule has 1 N–H and O–H groups in total. The summed E-state index contributed by atoms with van der Waals surface area (Å²) in [6.07, 6.45) is -0.356. The third-order valence-corrected chi connectivity index (χ3v) is 7.60. The SMILES string of the molecule is C[C@H](OC(=O)c1cc(S(=O)(=O)Nc2ccc(Cl)cc2)ccc1Cl)C(=O)N1CCc2ccccc2C1. The van der Waals surface area contributed by atoms with Gasteiger partial charge in [-0.25, -0.2) is 13.2 Å². The number of benzene rings is 3. The summed E-state index contributed by atoms with van der Waals surface area (Å²) in [7, 11) is -4.02. The van der Waals surface area contributed by atoms with Crippen molar-refractivity contribution in [3.63, 3.8) is 0 Å². The number of hydrogen-bond acceptors (Lipinski definition) is 5. The van der Waals surface area contributed by atoms with Gasteiger partial charge in [-0.05, 0) is 66.9 Å². The van der Waals surface area contributed by atoms with Gasteiger partial charge in [0, 0.05) is 23.8 Å². The van der Waals surface area contributed by atoms with Crippen molar-refractivity contribution in [2.45, 2.75) is 30.9 Å². The first kappa shape index (κ1) is 25.0. The molecule has 0 saturated carbocycles. The second-order valence-electron chi connectivity index (χ2n) is 8.08. The fourth-order valence-electron chi connectivity index (χ4n) is 3.78. The van der Waals surface area contributed by atoms with Crippen LogP contribution in [-0.2, 0) is 32.5 Å². The minimum atomic E-state index is -4.02. The van der Waals surface area contributed by atoms with Gasteiger partial charge >= 0.3 is 5.97 Å². The molecule has 1 aliphatic heterocycles. The molecule has 0 saturated heterocycles. The first-order chi connectivity index (χ1) is 16.6. The van der Waals surface area contributed by atoms with E-state index in [1.165, 1.54) is 36.8 Å². The van der Waals surface area contributed by atoms with Gasteiger partial charge in [-0.3, -0.25) is 9.52 Å². The number of rotatable bonds is 6. The Morgan fingerprint density at radius 1 is 1.00 bits per heavy atom. The maximum Gasteiger partial charge on any atom is 0.340 e. The van der Waals surface area contributed by atoms with Gasteiger partial charge in [0.1, 0.15) is 0 Å². The van der Waals surface area contributed by atoms with E-state index in [4.69, 9.17) is 27.9 Å². The maximum absolute atomic E-state index is 12.9. The Morgan fingerprint density at radius 2 is 1.69 bits per heavy atom. The maximum atomic E-state index is 12.9. The smallest absolute Gasteiger partial charge is 0.340 e. The zero-order valence-electron chi connectivity index (χ0n) is 18.7. The van der Waals surface area contributed by atoms with Crippen molar-refractivity contribution in [2.24, 2.45) is 0 Å². The standard InChI is InChI=1S/C25H22Cl2N2O5S/c1-16(24(30)29-13-12-17-4-2-3-5-18(17)15-29)34-25(31)22-14-21(10-11-23(22)27)35(32,33)28-20-8-6-19(26)7-9-20/h2-11,14,16,28H,12-13,15H2,1H3/t16-/m0/s1. The molecule has 0 aromatic heterocycles. The summed E-state index contributed by atoms with van der Waals surface area (Å²) >= 11 is 12.0. The minimum absolute atomic E-state index is 0.00647. The van der Waals surface area contributed by atoms with E-state index in [1.54, 1.807) is 17.0 Å². The summed E-state index contributed by atoms with van der Waals surface area (Å²) in [4.78, 5) is 27.2. The molecule has 0 radical (unpaired) electrons. The summed E-state index contributed by atoms with van der Waals surface area (Å²) in [5, 5.41) is 0.467. The van der Waals surface area contributed by atoms with Crippen molar-refractivity contribution in [2.75, 3.05) is 11.3 Å². The number of sulfonamides is 1. The molecule has 4 rings (SSSR count). The Hall–Kier alpha value is -3.07. The third kappa shape index (κ3) is 5.78. The molecule has 0 aliphatic carbocycles. The average Bonchev–Trinajstić information content (AvgIpc) is 2.84. The molecule has 1 amide bonds. The molecule has 0 unspecified atom stereocenters. The van der Waals surface area contributed by atoms with E-state index in [9.17, 15) is 18.0 Å². The molecular formula is C25H22Cl2N2O5S. The van der Waals surface area contributed by atoms with Crippen molar-refractivity contribution in [1.29, 1.82) is 0 Å². The van der Waals surface area contributed by atoms with Crippen LogP contribution in [0.5, 0.6) is 0 Å². The number of carbonyl (C=O) groups is 2. The Kier molecular flexibility index (Phi) is 7.35. The fourth-order valence-corrected chi connectivity index (χ4v) is 5.18. The molecule has 0 bridgehead atoms. The molecule has 0 spiro atoms. The van der Waals surface area contributed by atoms with Crippen LogP contribution in [0.3, 0.4) is 0 Å². The van der Waals surface area contributed by atoms with Crippen molar-refractivity contribution >= 4 is 50.8 Å². The highest BCUT2D eigenvalue weighted by Crippen LogP contribution is 2.25. The molecule has 10 heteroatoms. The highest BCUT2D eigenvalue weighted by Gasteiger charge is 2.28. The van der Waals surface area contributed by atoms with E-state index in [2.05, 4.69) is 4.72 Å². The molecule has 0 fully saturated rings. The van der Waals surface area contributed by atoms with Gasteiger partial charge in [-0.1, -0.05) is 47.5 Å². The normalized spacial score (nSPS) is 14.1. The Balaban J connectivity index is 1.47. The molecule has 1 aliphatic rings. The van der Waals surface area contributed by atoms with E-state index < -0.39 is 22.1 Å². The monoisotopic (exact) mass is 532 g/mol. The lowest BCUT2D eigenvalue weighted by molar-refractivity contribution is -0.140. The zero-order valence-corrected chi connectivity index (χ0v) is 21.0. The minimum Gasteiger partial charge on any atom is -0.449 e. The molecule has 1 heterocycles. The molecule has 35 heavy (non-hydrogen) atoms. The van der Waals surface area contributed by atoms with Gasteiger partial charge in [0.25, 0.3) is 15.9 Å².